The van der Waals surface area contributed by atoms with Gasteiger partial charge in [0.15, 0.2) is 0 Å². The van der Waals surface area contributed by atoms with Gasteiger partial charge in [0.25, 0.3) is 0 Å². The first-order chi connectivity index (χ1) is 9.59. The van der Waals surface area contributed by atoms with Crippen molar-refractivity contribution in [3.8, 4) is 0 Å². The first-order valence-electron chi connectivity index (χ1n) is 7.75. The molecule has 0 bridgehead atoms. The van der Waals surface area contributed by atoms with E-state index in [1.807, 2.05) is 0 Å². The molecule has 3 rings (SSSR count). The van der Waals surface area contributed by atoms with Crippen LogP contribution in [0.2, 0.25) is 0 Å². The fourth-order valence-electron chi connectivity index (χ4n) is 3.49. The Morgan fingerprint density at radius 2 is 1.85 bits per heavy atom. The normalized spacial score (nSPS) is 28.0. The zero-order chi connectivity index (χ0) is 14.2. The van der Waals surface area contributed by atoms with Gasteiger partial charge in [-0.3, -0.25) is 0 Å². The summed E-state index contributed by atoms with van der Waals surface area (Å²) in [5.41, 5.74) is 1.94. The van der Waals surface area contributed by atoms with Crippen LogP contribution in [0.25, 0.3) is 0 Å². The highest BCUT2D eigenvalue weighted by atomic mass is 79.9. The molecule has 0 amide bonds. The molecule has 1 aromatic carbocycles. The highest BCUT2D eigenvalue weighted by Crippen LogP contribution is 2.39. The van der Waals surface area contributed by atoms with E-state index in [1.165, 1.54) is 42.1 Å². The molecule has 0 atom stereocenters. The molecule has 0 saturated heterocycles. The number of benzene rings is 1. The smallest absolute Gasteiger partial charge is 0.0328 e. The van der Waals surface area contributed by atoms with E-state index in [0.717, 1.165) is 18.5 Å². The van der Waals surface area contributed by atoms with Crippen LogP contribution in [-0.2, 0) is 0 Å². The maximum absolute atomic E-state index is 3.80. The number of rotatable bonds is 5. The number of halogens is 1. The summed E-state index contributed by atoms with van der Waals surface area (Å²) in [4.78, 5) is 2.42. The van der Waals surface area contributed by atoms with Crippen LogP contribution < -0.4 is 5.32 Å². The van der Waals surface area contributed by atoms with Gasteiger partial charge in [0.2, 0.25) is 0 Å². The molecule has 20 heavy (non-hydrogen) atoms. The third kappa shape index (κ3) is 2.81. The monoisotopic (exact) mass is 336 g/mol. The Kier molecular flexibility index (Phi) is 4.21. The van der Waals surface area contributed by atoms with Crippen molar-refractivity contribution in [2.24, 2.45) is 0 Å². The summed E-state index contributed by atoms with van der Waals surface area (Å²) in [6, 6.07) is 9.56. The second-order valence-corrected chi connectivity index (χ2v) is 7.69. The number of hydrogen-bond acceptors (Lipinski definition) is 2. The summed E-state index contributed by atoms with van der Waals surface area (Å²) in [5, 5.41) is 3.80. The minimum atomic E-state index is 0.447. The van der Waals surface area contributed by atoms with Crippen LogP contribution in [0.3, 0.4) is 0 Å². The number of nitrogens with one attached hydrogen (secondary N) is 1. The third-order valence-electron chi connectivity index (χ3n) is 5.43. The van der Waals surface area contributed by atoms with E-state index >= 15 is 0 Å². The fourth-order valence-corrected chi connectivity index (χ4v) is 3.76. The first-order valence-corrected chi connectivity index (χ1v) is 8.55. The van der Waals surface area contributed by atoms with Crippen molar-refractivity contribution < 1.29 is 0 Å². The highest BCUT2D eigenvalue weighted by molar-refractivity contribution is 9.10. The van der Waals surface area contributed by atoms with Crippen molar-refractivity contribution in [1.82, 2.24) is 10.2 Å². The van der Waals surface area contributed by atoms with Crippen LogP contribution in [0.4, 0.5) is 0 Å². The van der Waals surface area contributed by atoms with Gasteiger partial charge in [0, 0.05) is 22.6 Å². The van der Waals surface area contributed by atoms with Crippen LogP contribution in [0.1, 0.15) is 43.6 Å². The summed E-state index contributed by atoms with van der Waals surface area (Å²) in [5.74, 6) is 0.761. The second kappa shape index (κ2) is 5.78. The minimum absolute atomic E-state index is 0.447. The lowest BCUT2D eigenvalue weighted by molar-refractivity contribution is 0.0524. The highest BCUT2D eigenvalue weighted by Gasteiger charge is 2.40. The summed E-state index contributed by atoms with van der Waals surface area (Å²) in [6.45, 7) is 1.16. The predicted octanol–water partition coefficient (Wildman–Crippen LogP) is 3.77. The lowest BCUT2D eigenvalue weighted by atomic mass is 9.73. The molecule has 1 aromatic rings. The molecular formula is C17H25BrN2. The third-order valence-corrected chi connectivity index (χ3v) is 5.96. The molecule has 0 aromatic heterocycles. The molecule has 1 N–H and O–H groups in total. The molecule has 0 radical (unpaired) electrons. The molecule has 0 aliphatic heterocycles. The standard InChI is InChI=1S/C17H25BrN2/c1-20(2)17(8-3-9-17)12-19-16-10-14(11-16)13-4-6-15(18)7-5-13/h4-7,14,16,19H,3,8-12H2,1-2H3. The Morgan fingerprint density at radius 3 is 2.35 bits per heavy atom. The maximum Gasteiger partial charge on any atom is 0.0328 e. The number of nitrogens with zero attached hydrogens (tertiary/aromatic N) is 1. The summed E-state index contributed by atoms with van der Waals surface area (Å²) in [7, 11) is 4.46. The SMILES string of the molecule is CN(C)C1(CNC2CC(c3ccc(Br)cc3)C2)CCC1. The zero-order valence-corrected chi connectivity index (χ0v) is 14.1. The van der Waals surface area contributed by atoms with Crippen LogP contribution >= 0.6 is 15.9 Å². The van der Waals surface area contributed by atoms with Crippen molar-refractivity contribution in [3.63, 3.8) is 0 Å². The lowest BCUT2D eigenvalue weighted by Gasteiger charge is -2.49. The molecule has 2 aliphatic rings. The van der Waals surface area contributed by atoms with E-state index in [2.05, 4.69) is 64.5 Å². The fraction of sp³-hybridized carbons (Fsp3) is 0.647. The summed E-state index contributed by atoms with van der Waals surface area (Å²) < 4.78 is 1.17. The second-order valence-electron chi connectivity index (χ2n) is 6.77. The topological polar surface area (TPSA) is 15.3 Å². The maximum atomic E-state index is 3.80. The van der Waals surface area contributed by atoms with Gasteiger partial charge in [-0.15, -0.1) is 0 Å². The van der Waals surface area contributed by atoms with E-state index in [-0.39, 0.29) is 0 Å². The van der Waals surface area contributed by atoms with E-state index in [0.29, 0.717) is 5.54 Å². The molecular weight excluding hydrogens is 312 g/mol. The molecule has 110 valence electrons. The van der Waals surface area contributed by atoms with E-state index in [9.17, 15) is 0 Å². The van der Waals surface area contributed by atoms with Gasteiger partial charge < -0.3 is 10.2 Å². The molecule has 0 unspecified atom stereocenters. The predicted molar refractivity (Wildman–Crippen MR) is 88.2 cm³/mol. The molecule has 2 fully saturated rings. The van der Waals surface area contributed by atoms with Gasteiger partial charge >= 0.3 is 0 Å². The summed E-state index contributed by atoms with van der Waals surface area (Å²) >= 11 is 3.50. The van der Waals surface area contributed by atoms with Gasteiger partial charge in [-0.2, -0.15) is 0 Å². The Hall–Kier alpha value is -0.380. The first kappa shape index (κ1) is 14.6. The van der Waals surface area contributed by atoms with Gasteiger partial charge in [-0.25, -0.2) is 0 Å². The lowest BCUT2D eigenvalue weighted by Crippen LogP contribution is -2.58. The zero-order valence-electron chi connectivity index (χ0n) is 12.5. The molecule has 0 spiro atoms. The van der Waals surface area contributed by atoms with Crippen molar-refractivity contribution >= 4 is 15.9 Å². The van der Waals surface area contributed by atoms with Crippen molar-refractivity contribution in [2.45, 2.75) is 49.6 Å². The van der Waals surface area contributed by atoms with Crippen LogP contribution in [-0.4, -0.2) is 37.1 Å². The summed E-state index contributed by atoms with van der Waals surface area (Å²) in [6.07, 6.45) is 6.70. The Balaban J connectivity index is 1.45. The minimum Gasteiger partial charge on any atom is -0.312 e. The Labute approximate surface area is 131 Å². The van der Waals surface area contributed by atoms with E-state index < -0.39 is 0 Å². The van der Waals surface area contributed by atoms with Crippen molar-refractivity contribution in [1.29, 1.82) is 0 Å². The van der Waals surface area contributed by atoms with Gasteiger partial charge in [0.05, 0.1) is 0 Å². The Morgan fingerprint density at radius 1 is 1.20 bits per heavy atom. The number of hydrogen-bond donors (Lipinski definition) is 1. The molecule has 2 aliphatic carbocycles. The van der Waals surface area contributed by atoms with Crippen LogP contribution in [0.5, 0.6) is 0 Å². The molecule has 2 nitrogen and oxygen atoms in total. The van der Waals surface area contributed by atoms with Gasteiger partial charge in [-0.05, 0) is 69.8 Å². The van der Waals surface area contributed by atoms with Crippen molar-refractivity contribution in [3.05, 3.63) is 34.3 Å². The molecule has 0 heterocycles. The van der Waals surface area contributed by atoms with Gasteiger partial charge in [0.1, 0.15) is 0 Å². The molecule has 3 heteroatoms. The van der Waals surface area contributed by atoms with E-state index in [4.69, 9.17) is 0 Å². The van der Waals surface area contributed by atoms with E-state index in [1.54, 1.807) is 0 Å². The Bertz CT molecular complexity index is 445. The number of likely N-dealkylation sites (N-methyl/N-ethyl adjacent to an activating group) is 1. The average molecular weight is 337 g/mol. The van der Waals surface area contributed by atoms with Crippen molar-refractivity contribution in [2.75, 3.05) is 20.6 Å². The average Bonchev–Trinajstić information content (AvgIpc) is 2.31. The van der Waals surface area contributed by atoms with Crippen LogP contribution in [0.15, 0.2) is 28.7 Å². The van der Waals surface area contributed by atoms with Gasteiger partial charge in [-0.1, -0.05) is 28.1 Å². The largest absolute Gasteiger partial charge is 0.312 e. The van der Waals surface area contributed by atoms with Crippen LogP contribution in [0, 0.1) is 0 Å². The quantitative estimate of drug-likeness (QED) is 0.880. The molecule has 2 saturated carbocycles.